The Hall–Kier alpha value is -2.00. The van der Waals surface area contributed by atoms with Crippen LogP contribution in [0, 0.1) is 11.8 Å². The van der Waals surface area contributed by atoms with Crippen molar-refractivity contribution in [3.05, 3.63) is 0 Å². The SMILES string of the molecule is CCCCC[C@H](CC(=O)NO)C(=O)N1NCCC[C@H]1C(=O)N[C@@H](C(=O)CC)[C@@H](C)CC. The van der Waals surface area contributed by atoms with Crippen molar-refractivity contribution in [1.82, 2.24) is 21.2 Å². The number of hydroxylamine groups is 1. The maximum Gasteiger partial charge on any atom is 0.245 e. The lowest BCUT2D eigenvalue weighted by Gasteiger charge is -2.38. The van der Waals surface area contributed by atoms with E-state index in [0.29, 0.717) is 25.8 Å². The van der Waals surface area contributed by atoms with E-state index in [2.05, 4.69) is 17.7 Å². The maximum atomic E-state index is 13.3. The Balaban J connectivity index is 3.00. The molecule has 1 heterocycles. The summed E-state index contributed by atoms with van der Waals surface area (Å²) in [4.78, 5) is 50.5. The van der Waals surface area contributed by atoms with Gasteiger partial charge in [0.05, 0.1) is 6.04 Å². The summed E-state index contributed by atoms with van der Waals surface area (Å²) in [6.45, 7) is 8.27. The van der Waals surface area contributed by atoms with Crippen LogP contribution in [0.15, 0.2) is 0 Å². The van der Waals surface area contributed by atoms with E-state index in [9.17, 15) is 19.2 Å². The number of ketones is 1. The minimum Gasteiger partial charge on any atom is -0.344 e. The zero-order chi connectivity index (χ0) is 23.4. The van der Waals surface area contributed by atoms with Crippen molar-refractivity contribution in [1.29, 1.82) is 0 Å². The third kappa shape index (κ3) is 8.22. The van der Waals surface area contributed by atoms with Crippen LogP contribution in [0.1, 0.15) is 85.5 Å². The third-order valence-corrected chi connectivity index (χ3v) is 6.06. The number of carbonyl (C=O) groups excluding carboxylic acids is 4. The number of carbonyl (C=O) groups is 4. The van der Waals surface area contributed by atoms with Gasteiger partial charge < -0.3 is 5.32 Å². The number of nitrogens with zero attached hydrogens (tertiary/aromatic N) is 1. The van der Waals surface area contributed by atoms with Gasteiger partial charge in [0.25, 0.3) is 0 Å². The van der Waals surface area contributed by atoms with Crippen LogP contribution in [0.5, 0.6) is 0 Å². The molecular weight excluding hydrogens is 400 g/mol. The van der Waals surface area contributed by atoms with E-state index in [1.54, 1.807) is 12.4 Å². The first-order chi connectivity index (χ1) is 14.8. The molecular formula is C22H40N4O5. The van der Waals surface area contributed by atoms with Gasteiger partial charge in [0.2, 0.25) is 17.7 Å². The summed E-state index contributed by atoms with van der Waals surface area (Å²) in [7, 11) is 0. The molecule has 0 aromatic rings. The Labute approximate surface area is 185 Å². The van der Waals surface area contributed by atoms with E-state index < -0.39 is 23.9 Å². The average Bonchev–Trinajstić information content (AvgIpc) is 2.80. The van der Waals surface area contributed by atoms with Crippen LogP contribution in [-0.2, 0) is 19.2 Å². The molecule has 9 nitrogen and oxygen atoms in total. The van der Waals surface area contributed by atoms with Gasteiger partial charge in [0.15, 0.2) is 5.78 Å². The molecule has 0 unspecified atom stereocenters. The molecule has 31 heavy (non-hydrogen) atoms. The van der Waals surface area contributed by atoms with Crippen molar-refractivity contribution in [2.75, 3.05) is 6.54 Å². The van der Waals surface area contributed by atoms with Crippen LogP contribution in [0.25, 0.3) is 0 Å². The van der Waals surface area contributed by atoms with Gasteiger partial charge in [-0.15, -0.1) is 0 Å². The fourth-order valence-electron chi connectivity index (χ4n) is 3.88. The molecule has 1 aliphatic heterocycles. The van der Waals surface area contributed by atoms with Gasteiger partial charge in [-0.25, -0.2) is 10.9 Å². The Morgan fingerprint density at radius 3 is 2.45 bits per heavy atom. The molecule has 1 fully saturated rings. The molecule has 3 amide bonds. The fourth-order valence-corrected chi connectivity index (χ4v) is 3.88. The number of hydrazine groups is 1. The van der Waals surface area contributed by atoms with Gasteiger partial charge >= 0.3 is 0 Å². The Morgan fingerprint density at radius 2 is 1.87 bits per heavy atom. The van der Waals surface area contributed by atoms with Crippen LogP contribution in [0.2, 0.25) is 0 Å². The van der Waals surface area contributed by atoms with Gasteiger partial charge in [-0.2, -0.15) is 0 Å². The normalized spacial score (nSPS) is 19.3. The first-order valence-electron chi connectivity index (χ1n) is 11.6. The fraction of sp³-hybridized carbons (Fsp3) is 0.818. The molecule has 4 N–H and O–H groups in total. The van der Waals surface area contributed by atoms with Gasteiger partial charge in [0, 0.05) is 25.3 Å². The van der Waals surface area contributed by atoms with Crippen molar-refractivity contribution in [3.8, 4) is 0 Å². The Bertz CT molecular complexity index is 613. The first-order valence-corrected chi connectivity index (χ1v) is 11.6. The summed E-state index contributed by atoms with van der Waals surface area (Å²) < 4.78 is 0. The minimum atomic E-state index is -0.747. The first kappa shape index (κ1) is 27.0. The summed E-state index contributed by atoms with van der Waals surface area (Å²) in [6, 6.07) is -1.33. The predicted octanol–water partition coefficient (Wildman–Crippen LogP) is 2.08. The molecule has 0 saturated carbocycles. The topological polar surface area (TPSA) is 128 Å². The quantitative estimate of drug-likeness (QED) is 0.197. The van der Waals surface area contributed by atoms with Gasteiger partial charge in [0.1, 0.15) is 6.04 Å². The highest BCUT2D eigenvalue weighted by atomic mass is 16.5. The molecule has 0 aromatic carbocycles. The lowest BCUT2D eigenvalue weighted by Crippen LogP contribution is -2.62. The lowest BCUT2D eigenvalue weighted by molar-refractivity contribution is -0.152. The molecule has 178 valence electrons. The van der Waals surface area contributed by atoms with Crippen molar-refractivity contribution in [2.45, 2.75) is 97.6 Å². The van der Waals surface area contributed by atoms with Crippen LogP contribution in [-0.4, -0.2) is 52.3 Å². The summed E-state index contributed by atoms with van der Waals surface area (Å²) in [5.41, 5.74) is 4.61. The highest BCUT2D eigenvalue weighted by Crippen LogP contribution is 2.21. The average molecular weight is 441 g/mol. The highest BCUT2D eigenvalue weighted by Gasteiger charge is 2.38. The molecule has 0 aliphatic carbocycles. The molecule has 1 saturated heterocycles. The van der Waals surface area contributed by atoms with Gasteiger partial charge in [-0.1, -0.05) is 53.4 Å². The molecule has 0 bridgehead atoms. The monoisotopic (exact) mass is 440 g/mol. The standard InChI is InChI=1S/C22H40N4O5/c1-5-8-9-11-16(14-19(28)25-31)22(30)26-17(12-10-13-23-26)21(29)24-20(15(4)6-2)18(27)7-3/h15-17,20,23,31H,5-14H2,1-4H3,(H,24,29)(H,25,28)/t15-,16+,17-,20+/m0/s1. The van der Waals surface area contributed by atoms with Crippen molar-refractivity contribution < 1.29 is 24.4 Å². The van der Waals surface area contributed by atoms with E-state index in [-0.39, 0.29) is 29.9 Å². The Kier molecular flexibility index (Phi) is 12.3. The largest absolute Gasteiger partial charge is 0.344 e. The smallest absolute Gasteiger partial charge is 0.245 e. The van der Waals surface area contributed by atoms with E-state index >= 15 is 0 Å². The van der Waals surface area contributed by atoms with Crippen molar-refractivity contribution in [3.63, 3.8) is 0 Å². The molecule has 1 rings (SSSR count). The predicted molar refractivity (Wildman–Crippen MR) is 117 cm³/mol. The molecule has 1 aliphatic rings. The highest BCUT2D eigenvalue weighted by molar-refractivity contribution is 5.93. The zero-order valence-corrected chi connectivity index (χ0v) is 19.4. The summed E-state index contributed by atoms with van der Waals surface area (Å²) in [5.74, 6) is -1.98. The zero-order valence-electron chi connectivity index (χ0n) is 19.4. The second-order valence-electron chi connectivity index (χ2n) is 8.40. The number of amides is 3. The third-order valence-electron chi connectivity index (χ3n) is 6.06. The van der Waals surface area contributed by atoms with E-state index in [1.165, 1.54) is 5.01 Å². The van der Waals surface area contributed by atoms with Gasteiger partial charge in [-0.3, -0.25) is 29.4 Å². The van der Waals surface area contributed by atoms with E-state index in [0.717, 1.165) is 32.1 Å². The number of hydrogen-bond acceptors (Lipinski definition) is 6. The number of unbranched alkanes of at least 4 members (excludes halogenated alkanes) is 2. The van der Waals surface area contributed by atoms with Crippen LogP contribution in [0.3, 0.4) is 0 Å². The van der Waals surface area contributed by atoms with Gasteiger partial charge in [-0.05, 0) is 25.2 Å². The number of rotatable bonds is 13. The van der Waals surface area contributed by atoms with Crippen LogP contribution < -0.4 is 16.2 Å². The maximum absolute atomic E-state index is 13.3. The summed E-state index contributed by atoms with van der Waals surface area (Å²) >= 11 is 0. The molecule has 9 heteroatoms. The van der Waals surface area contributed by atoms with Crippen LogP contribution in [0.4, 0.5) is 0 Å². The second kappa shape index (κ2) is 14.1. The van der Waals surface area contributed by atoms with Crippen molar-refractivity contribution >= 4 is 23.5 Å². The Morgan fingerprint density at radius 1 is 1.16 bits per heavy atom. The second-order valence-corrected chi connectivity index (χ2v) is 8.40. The molecule has 4 atom stereocenters. The molecule has 0 aromatic heterocycles. The summed E-state index contributed by atoms with van der Waals surface area (Å²) in [6.07, 6.45) is 5.30. The number of Topliss-reactive ketones (excluding diaryl/α,β-unsaturated/α-hetero) is 1. The molecule has 0 radical (unpaired) electrons. The van der Waals surface area contributed by atoms with E-state index in [1.807, 2.05) is 13.8 Å². The minimum absolute atomic E-state index is 0.00727. The van der Waals surface area contributed by atoms with Crippen LogP contribution >= 0.6 is 0 Å². The van der Waals surface area contributed by atoms with Crippen molar-refractivity contribution in [2.24, 2.45) is 11.8 Å². The summed E-state index contributed by atoms with van der Waals surface area (Å²) in [5, 5.41) is 13.1. The number of hydrogen-bond donors (Lipinski definition) is 4. The molecule has 0 spiro atoms. The lowest BCUT2D eigenvalue weighted by atomic mass is 9.93. The van der Waals surface area contributed by atoms with E-state index in [4.69, 9.17) is 5.21 Å². The number of nitrogens with one attached hydrogen (secondary N) is 3.